The number of carbonyl (C=O) groups is 1. The van der Waals surface area contributed by atoms with E-state index in [0.717, 1.165) is 45.7 Å². The van der Waals surface area contributed by atoms with Gasteiger partial charge in [-0.05, 0) is 20.3 Å². The normalized spacial score (nSPS) is 27.4. The highest BCUT2D eigenvalue weighted by atomic mass is 16.5. The van der Waals surface area contributed by atoms with Crippen LogP contribution in [0.15, 0.2) is 0 Å². The summed E-state index contributed by atoms with van der Waals surface area (Å²) >= 11 is 0. The lowest BCUT2D eigenvalue weighted by atomic mass is 10.2. The first-order chi connectivity index (χ1) is 8.72. The maximum Gasteiger partial charge on any atom is 0.251 e. The molecule has 2 heterocycles. The summed E-state index contributed by atoms with van der Waals surface area (Å²) in [5, 5.41) is 3.36. The molecule has 0 aromatic rings. The van der Waals surface area contributed by atoms with Gasteiger partial charge < -0.3 is 15.0 Å². The summed E-state index contributed by atoms with van der Waals surface area (Å²) in [6.07, 6.45) is 0.807. The molecule has 104 valence electrons. The van der Waals surface area contributed by atoms with Crippen molar-refractivity contribution in [1.82, 2.24) is 15.1 Å². The number of hydrogen-bond donors (Lipinski definition) is 1. The molecule has 1 N–H and O–H groups in total. The van der Waals surface area contributed by atoms with Crippen LogP contribution in [0.3, 0.4) is 0 Å². The fourth-order valence-corrected chi connectivity index (χ4v) is 2.87. The monoisotopic (exact) mass is 255 g/mol. The molecule has 0 saturated carbocycles. The minimum absolute atomic E-state index is 0.148. The van der Waals surface area contributed by atoms with Gasteiger partial charge in [-0.2, -0.15) is 0 Å². The Hall–Kier alpha value is -0.650. The molecule has 0 aromatic carbocycles. The van der Waals surface area contributed by atoms with Crippen LogP contribution in [0, 0.1) is 0 Å². The largest absolute Gasteiger partial charge is 0.369 e. The van der Waals surface area contributed by atoms with Crippen LogP contribution in [0.2, 0.25) is 0 Å². The Bertz CT molecular complexity index is 279. The zero-order chi connectivity index (χ0) is 13.0. The van der Waals surface area contributed by atoms with E-state index in [4.69, 9.17) is 4.74 Å². The molecule has 2 unspecified atom stereocenters. The van der Waals surface area contributed by atoms with Gasteiger partial charge in [-0.25, -0.2) is 0 Å². The molecule has 0 aliphatic carbocycles. The zero-order valence-electron chi connectivity index (χ0n) is 11.5. The standard InChI is InChI=1S/C13H25N3O2/c1-3-18-11(2)13(17)16-7-4-12(10-16)15-8-5-14-6-9-15/h11-12,14H,3-10H2,1-2H3. The van der Waals surface area contributed by atoms with Gasteiger partial charge in [-0.3, -0.25) is 9.69 Å². The number of ether oxygens (including phenoxy) is 1. The second-order valence-corrected chi connectivity index (χ2v) is 5.11. The highest BCUT2D eigenvalue weighted by molar-refractivity contribution is 5.80. The lowest BCUT2D eigenvalue weighted by molar-refractivity contribution is -0.141. The van der Waals surface area contributed by atoms with Crippen molar-refractivity contribution in [3.63, 3.8) is 0 Å². The van der Waals surface area contributed by atoms with Crippen LogP contribution in [-0.2, 0) is 9.53 Å². The highest BCUT2D eigenvalue weighted by Crippen LogP contribution is 2.17. The van der Waals surface area contributed by atoms with Crippen LogP contribution in [0.25, 0.3) is 0 Å². The Morgan fingerprint density at radius 1 is 1.39 bits per heavy atom. The second kappa shape index (κ2) is 6.50. The number of hydrogen-bond acceptors (Lipinski definition) is 4. The smallest absolute Gasteiger partial charge is 0.251 e. The average molecular weight is 255 g/mol. The van der Waals surface area contributed by atoms with E-state index in [-0.39, 0.29) is 12.0 Å². The molecular weight excluding hydrogens is 230 g/mol. The fraction of sp³-hybridized carbons (Fsp3) is 0.923. The molecule has 5 heteroatoms. The van der Waals surface area contributed by atoms with Gasteiger partial charge in [-0.1, -0.05) is 0 Å². The van der Waals surface area contributed by atoms with E-state index in [9.17, 15) is 4.79 Å². The first kappa shape index (κ1) is 13.8. The number of likely N-dealkylation sites (tertiary alicyclic amines) is 1. The third-order valence-electron chi connectivity index (χ3n) is 3.91. The van der Waals surface area contributed by atoms with E-state index >= 15 is 0 Å². The molecule has 0 aromatic heterocycles. The topological polar surface area (TPSA) is 44.8 Å². The van der Waals surface area contributed by atoms with E-state index < -0.39 is 0 Å². The summed E-state index contributed by atoms with van der Waals surface area (Å²) in [5.41, 5.74) is 0. The summed E-state index contributed by atoms with van der Waals surface area (Å²) < 4.78 is 5.38. The van der Waals surface area contributed by atoms with Crippen LogP contribution in [0.1, 0.15) is 20.3 Å². The van der Waals surface area contributed by atoms with E-state index in [0.29, 0.717) is 12.6 Å². The number of carbonyl (C=O) groups excluding carboxylic acids is 1. The third kappa shape index (κ3) is 3.22. The van der Waals surface area contributed by atoms with Crippen LogP contribution in [0.4, 0.5) is 0 Å². The number of rotatable bonds is 4. The van der Waals surface area contributed by atoms with Gasteiger partial charge in [0, 0.05) is 51.9 Å². The average Bonchev–Trinajstić information content (AvgIpc) is 2.89. The summed E-state index contributed by atoms with van der Waals surface area (Å²) in [6.45, 7) is 10.5. The SMILES string of the molecule is CCOC(C)C(=O)N1CCC(N2CCNCC2)C1. The molecule has 2 atom stereocenters. The van der Waals surface area contributed by atoms with E-state index in [1.54, 1.807) is 0 Å². The molecule has 2 aliphatic heterocycles. The lowest BCUT2D eigenvalue weighted by Gasteiger charge is -2.32. The minimum Gasteiger partial charge on any atom is -0.369 e. The molecule has 2 saturated heterocycles. The molecule has 2 fully saturated rings. The lowest BCUT2D eigenvalue weighted by Crippen LogP contribution is -2.49. The molecule has 5 nitrogen and oxygen atoms in total. The number of piperazine rings is 1. The summed E-state index contributed by atoms with van der Waals surface area (Å²) in [6, 6.07) is 0.546. The number of nitrogens with zero attached hydrogens (tertiary/aromatic N) is 2. The Morgan fingerprint density at radius 3 is 2.78 bits per heavy atom. The van der Waals surface area contributed by atoms with Gasteiger partial charge in [0.2, 0.25) is 0 Å². The second-order valence-electron chi connectivity index (χ2n) is 5.11. The summed E-state index contributed by atoms with van der Waals surface area (Å²) in [4.78, 5) is 16.6. The van der Waals surface area contributed by atoms with Gasteiger partial charge >= 0.3 is 0 Å². The maximum atomic E-state index is 12.1. The van der Waals surface area contributed by atoms with Gasteiger partial charge in [-0.15, -0.1) is 0 Å². The first-order valence-corrected chi connectivity index (χ1v) is 7.07. The molecule has 0 bridgehead atoms. The zero-order valence-corrected chi connectivity index (χ0v) is 11.5. The van der Waals surface area contributed by atoms with Gasteiger partial charge in [0.1, 0.15) is 6.10 Å². The molecular formula is C13H25N3O2. The first-order valence-electron chi connectivity index (χ1n) is 7.07. The third-order valence-corrected chi connectivity index (χ3v) is 3.91. The van der Waals surface area contributed by atoms with Crippen molar-refractivity contribution in [1.29, 1.82) is 0 Å². The Morgan fingerprint density at radius 2 is 2.11 bits per heavy atom. The van der Waals surface area contributed by atoms with Crippen molar-refractivity contribution in [2.24, 2.45) is 0 Å². The van der Waals surface area contributed by atoms with Gasteiger partial charge in [0.05, 0.1) is 0 Å². The van der Waals surface area contributed by atoms with Crippen molar-refractivity contribution >= 4 is 5.91 Å². The van der Waals surface area contributed by atoms with Crippen molar-refractivity contribution < 1.29 is 9.53 Å². The van der Waals surface area contributed by atoms with Crippen LogP contribution in [0.5, 0.6) is 0 Å². The van der Waals surface area contributed by atoms with Crippen molar-refractivity contribution in [3.8, 4) is 0 Å². The Kier molecular flexibility index (Phi) is 4.97. The van der Waals surface area contributed by atoms with Crippen molar-refractivity contribution in [2.45, 2.75) is 32.4 Å². The summed E-state index contributed by atoms with van der Waals surface area (Å²) in [7, 11) is 0. The number of amides is 1. The quantitative estimate of drug-likeness (QED) is 0.763. The van der Waals surface area contributed by atoms with E-state index in [1.807, 2.05) is 18.7 Å². The molecule has 2 aliphatic rings. The molecule has 0 spiro atoms. The van der Waals surface area contributed by atoms with Crippen molar-refractivity contribution in [3.05, 3.63) is 0 Å². The molecule has 1 amide bonds. The molecule has 2 rings (SSSR count). The fourth-order valence-electron chi connectivity index (χ4n) is 2.87. The molecule has 18 heavy (non-hydrogen) atoms. The minimum atomic E-state index is -0.295. The van der Waals surface area contributed by atoms with Crippen LogP contribution < -0.4 is 5.32 Å². The Labute approximate surface area is 109 Å². The molecule has 0 radical (unpaired) electrons. The summed E-state index contributed by atoms with van der Waals surface area (Å²) in [5.74, 6) is 0.148. The highest BCUT2D eigenvalue weighted by Gasteiger charge is 2.32. The maximum absolute atomic E-state index is 12.1. The predicted octanol–water partition coefficient (Wildman–Crippen LogP) is -0.0825. The van der Waals surface area contributed by atoms with Gasteiger partial charge in [0.15, 0.2) is 0 Å². The Balaban J connectivity index is 1.81. The van der Waals surface area contributed by atoms with Crippen LogP contribution in [-0.4, -0.2) is 73.7 Å². The van der Waals surface area contributed by atoms with E-state index in [1.165, 1.54) is 0 Å². The van der Waals surface area contributed by atoms with Gasteiger partial charge in [0.25, 0.3) is 5.91 Å². The van der Waals surface area contributed by atoms with E-state index in [2.05, 4.69) is 10.2 Å². The number of nitrogens with one attached hydrogen (secondary N) is 1. The van der Waals surface area contributed by atoms with Crippen molar-refractivity contribution in [2.75, 3.05) is 45.9 Å². The van der Waals surface area contributed by atoms with Crippen LogP contribution >= 0.6 is 0 Å². The predicted molar refractivity (Wildman–Crippen MR) is 70.5 cm³/mol.